The Morgan fingerprint density at radius 2 is 2.44 bits per heavy atom. The number of hydrogen-bond acceptors (Lipinski definition) is 5. The second-order valence-electron chi connectivity index (χ2n) is 4.44. The minimum atomic E-state index is -1.64. The van der Waals surface area contributed by atoms with Crippen LogP contribution in [0.2, 0.25) is 0 Å². The molecule has 0 aliphatic carbocycles. The Morgan fingerprint density at radius 3 is 2.94 bits per heavy atom. The lowest BCUT2D eigenvalue weighted by molar-refractivity contribution is -0.137. The van der Waals surface area contributed by atoms with Crippen molar-refractivity contribution in [3.8, 4) is 0 Å². The van der Waals surface area contributed by atoms with Gasteiger partial charge >= 0.3 is 5.69 Å². The molecule has 18 heavy (non-hydrogen) atoms. The molecule has 1 aliphatic rings. The van der Waals surface area contributed by atoms with Crippen LogP contribution in [0.25, 0.3) is 0 Å². The van der Waals surface area contributed by atoms with Crippen molar-refractivity contribution >= 4 is 0 Å². The molecule has 1 aromatic heterocycles. The van der Waals surface area contributed by atoms with Crippen molar-refractivity contribution in [2.75, 3.05) is 13.3 Å². The van der Waals surface area contributed by atoms with Crippen LogP contribution in [0, 0.1) is 6.92 Å². The number of rotatable bonds is 3. The van der Waals surface area contributed by atoms with Crippen LogP contribution in [0.3, 0.4) is 0 Å². The van der Waals surface area contributed by atoms with Gasteiger partial charge in [-0.2, -0.15) is 4.98 Å². The Bertz CT molecular complexity index is 486. The van der Waals surface area contributed by atoms with Crippen LogP contribution in [0.4, 0.5) is 4.39 Å². The molecule has 100 valence electrons. The van der Waals surface area contributed by atoms with E-state index in [2.05, 4.69) is 4.98 Å². The topological polar surface area (TPSA) is 84.6 Å². The van der Waals surface area contributed by atoms with Crippen molar-refractivity contribution in [2.24, 2.45) is 0 Å². The van der Waals surface area contributed by atoms with E-state index >= 15 is 0 Å². The van der Waals surface area contributed by atoms with Gasteiger partial charge < -0.3 is 14.9 Å². The van der Waals surface area contributed by atoms with E-state index in [0.29, 0.717) is 5.69 Å². The molecule has 0 unspecified atom stereocenters. The van der Waals surface area contributed by atoms with Gasteiger partial charge in [-0.1, -0.05) is 0 Å². The van der Waals surface area contributed by atoms with E-state index < -0.39 is 36.9 Å². The van der Waals surface area contributed by atoms with Crippen LogP contribution in [0.1, 0.15) is 18.3 Å². The van der Waals surface area contributed by atoms with Gasteiger partial charge in [0.25, 0.3) is 0 Å². The van der Waals surface area contributed by atoms with E-state index in [1.54, 1.807) is 13.0 Å². The van der Waals surface area contributed by atoms with Gasteiger partial charge in [-0.15, -0.1) is 0 Å². The van der Waals surface area contributed by atoms with Crippen LogP contribution in [0.5, 0.6) is 0 Å². The van der Waals surface area contributed by atoms with Crippen LogP contribution in [-0.2, 0) is 4.74 Å². The van der Waals surface area contributed by atoms with E-state index in [9.17, 15) is 14.3 Å². The minimum Gasteiger partial charge on any atom is -0.393 e. The predicted octanol–water partition coefficient (Wildman–Crippen LogP) is -0.468. The smallest absolute Gasteiger partial charge is 0.349 e. The summed E-state index contributed by atoms with van der Waals surface area (Å²) < 4.78 is 19.4. The molecule has 1 saturated heterocycles. The highest BCUT2D eigenvalue weighted by molar-refractivity contribution is 5.00. The summed E-state index contributed by atoms with van der Waals surface area (Å²) in [6.07, 6.45) is -0.461. The highest BCUT2D eigenvalue weighted by Crippen LogP contribution is 2.36. The van der Waals surface area contributed by atoms with Crippen LogP contribution >= 0.6 is 0 Å². The van der Waals surface area contributed by atoms with Crippen LogP contribution < -0.4 is 5.69 Å². The number of ether oxygens (including phenoxy) is 1. The zero-order chi connectivity index (χ0) is 13.3. The fourth-order valence-electron chi connectivity index (χ4n) is 2.00. The summed E-state index contributed by atoms with van der Waals surface area (Å²) in [6, 6.07) is 1.62. The van der Waals surface area contributed by atoms with E-state index in [0.717, 1.165) is 0 Å². The minimum absolute atomic E-state index is 0.0368. The molecule has 3 atom stereocenters. The van der Waals surface area contributed by atoms with E-state index in [4.69, 9.17) is 9.84 Å². The van der Waals surface area contributed by atoms with E-state index in [1.807, 2.05) is 0 Å². The molecule has 2 rings (SSSR count). The van der Waals surface area contributed by atoms with Gasteiger partial charge in [0.05, 0.1) is 12.7 Å². The summed E-state index contributed by atoms with van der Waals surface area (Å²) in [5.74, 6) is 0. The molecule has 1 aromatic rings. The van der Waals surface area contributed by atoms with Crippen LogP contribution in [0.15, 0.2) is 17.1 Å². The highest BCUT2D eigenvalue weighted by Gasteiger charge is 2.49. The van der Waals surface area contributed by atoms with Crippen molar-refractivity contribution < 1.29 is 19.3 Å². The fourth-order valence-corrected chi connectivity index (χ4v) is 2.00. The summed E-state index contributed by atoms with van der Waals surface area (Å²) in [4.78, 5) is 15.4. The Hall–Kier alpha value is -1.31. The summed E-state index contributed by atoms with van der Waals surface area (Å²) >= 11 is 0. The molecule has 0 saturated carbocycles. The number of nitrogens with zero attached hydrogens (tertiary/aromatic N) is 2. The van der Waals surface area contributed by atoms with Gasteiger partial charge in [-0.05, 0) is 13.0 Å². The van der Waals surface area contributed by atoms with Gasteiger partial charge in [0.15, 0.2) is 0 Å². The first-order valence-electron chi connectivity index (χ1n) is 5.61. The molecule has 1 fully saturated rings. The molecule has 2 N–H and O–H groups in total. The molecule has 0 radical (unpaired) electrons. The summed E-state index contributed by atoms with van der Waals surface area (Å²) in [5, 5.41) is 18.9. The molecule has 0 spiro atoms. The van der Waals surface area contributed by atoms with Crippen LogP contribution in [-0.4, -0.2) is 44.8 Å². The van der Waals surface area contributed by atoms with Crippen molar-refractivity contribution in [2.45, 2.75) is 31.3 Å². The Labute approximate surface area is 103 Å². The number of halogens is 1. The first-order valence-corrected chi connectivity index (χ1v) is 5.61. The second kappa shape index (κ2) is 4.75. The van der Waals surface area contributed by atoms with Crippen molar-refractivity contribution in [3.05, 3.63) is 28.4 Å². The summed E-state index contributed by atoms with van der Waals surface area (Å²) in [5.41, 5.74) is -1.61. The third-order valence-electron chi connectivity index (χ3n) is 3.18. The summed E-state index contributed by atoms with van der Waals surface area (Å²) in [7, 11) is 0. The summed E-state index contributed by atoms with van der Waals surface area (Å²) in [6.45, 7) is 0.0140. The third-order valence-corrected chi connectivity index (χ3v) is 3.18. The highest BCUT2D eigenvalue weighted by atomic mass is 19.1. The number of aromatic nitrogens is 2. The second-order valence-corrected chi connectivity index (χ2v) is 4.44. The number of aliphatic hydroxyl groups is 2. The number of aryl methyl sites for hydroxylation is 1. The van der Waals surface area contributed by atoms with Gasteiger partial charge in [-0.3, -0.25) is 4.57 Å². The Morgan fingerprint density at radius 1 is 1.72 bits per heavy atom. The molecule has 2 heterocycles. The maximum Gasteiger partial charge on any atom is 0.349 e. The maximum absolute atomic E-state index is 12.9. The number of hydrogen-bond donors (Lipinski definition) is 2. The van der Waals surface area contributed by atoms with Crippen molar-refractivity contribution in [3.63, 3.8) is 0 Å². The Balaban J connectivity index is 2.30. The normalized spacial score (nSPS) is 31.8. The Kier molecular flexibility index (Phi) is 3.47. The van der Waals surface area contributed by atoms with E-state index in [-0.39, 0.29) is 6.42 Å². The average Bonchev–Trinajstić information content (AvgIpc) is 2.67. The largest absolute Gasteiger partial charge is 0.393 e. The molecular formula is C11H15FN2O4. The molecule has 0 amide bonds. The average molecular weight is 258 g/mol. The molecular weight excluding hydrogens is 243 g/mol. The molecule has 0 aromatic carbocycles. The molecule has 1 aliphatic heterocycles. The SMILES string of the molecule is Cc1ccn([C@H]2C[C@H](O)[C@](CO)(CF)O2)c(=O)n1. The van der Waals surface area contributed by atoms with Gasteiger partial charge in [0, 0.05) is 18.3 Å². The third kappa shape index (κ3) is 2.05. The quantitative estimate of drug-likeness (QED) is 0.766. The van der Waals surface area contributed by atoms with Gasteiger partial charge in [-0.25, -0.2) is 9.18 Å². The lowest BCUT2D eigenvalue weighted by Gasteiger charge is -2.26. The number of alkyl halides is 1. The lowest BCUT2D eigenvalue weighted by atomic mass is 10.00. The molecule has 0 bridgehead atoms. The molecule has 7 heteroatoms. The monoisotopic (exact) mass is 258 g/mol. The maximum atomic E-state index is 12.9. The van der Waals surface area contributed by atoms with Gasteiger partial charge in [0.1, 0.15) is 18.5 Å². The first-order chi connectivity index (χ1) is 8.52. The molecule has 6 nitrogen and oxygen atoms in total. The van der Waals surface area contributed by atoms with Gasteiger partial charge in [0.2, 0.25) is 0 Å². The predicted molar refractivity (Wildman–Crippen MR) is 59.8 cm³/mol. The lowest BCUT2D eigenvalue weighted by Crippen LogP contribution is -2.45. The van der Waals surface area contributed by atoms with Crippen molar-refractivity contribution in [1.29, 1.82) is 0 Å². The zero-order valence-electron chi connectivity index (χ0n) is 9.91. The standard InChI is InChI=1S/C11H15FN2O4/c1-7-2-3-14(10(17)13-7)9-4-8(16)11(5-12,6-15)18-9/h2-3,8-9,15-16H,4-6H2,1H3/t8-,9+,11+/m0/s1. The number of aliphatic hydroxyl groups excluding tert-OH is 2. The first kappa shape index (κ1) is 13.1. The van der Waals surface area contributed by atoms with Crippen molar-refractivity contribution in [1.82, 2.24) is 9.55 Å². The fraction of sp³-hybridized carbons (Fsp3) is 0.636. The van der Waals surface area contributed by atoms with E-state index in [1.165, 1.54) is 10.8 Å². The zero-order valence-corrected chi connectivity index (χ0v) is 9.91.